The van der Waals surface area contributed by atoms with E-state index in [1.807, 2.05) is 0 Å². The van der Waals surface area contributed by atoms with Crippen LogP contribution >= 0.6 is 0 Å². The summed E-state index contributed by atoms with van der Waals surface area (Å²) in [7, 11) is 2.12. The van der Waals surface area contributed by atoms with Crippen LogP contribution in [-0.2, 0) is 11.0 Å². The van der Waals surface area contributed by atoms with Gasteiger partial charge in [0.1, 0.15) is 5.71 Å². The molecule has 170 valence electrons. The molecule has 5 nitrogen and oxygen atoms in total. The van der Waals surface area contributed by atoms with Crippen molar-refractivity contribution in [3.8, 4) is 11.1 Å². The first-order chi connectivity index (χ1) is 15.1. The number of carbonyl (C=O) groups is 1. The second-order valence-electron chi connectivity index (χ2n) is 8.84. The van der Waals surface area contributed by atoms with Gasteiger partial charge in [-0.15, -0.1) is 0 Å². The van der Waals surface area contributed by atoms with Crippen molar-refractivity contribution in [1.29, 1.82) is 5.41 Å². The third-order valence-corrected chi connectivity index (χ3v) is 6.74. The smallest absolute Gasteiger partial charge is 0.398 e. The highest BCUT2D eigenvalue weighted by molar-refractivity contribution is 6.45. The van der Waals surface area contributed by atoms with E-state index in [9.17, 15) is 18.0 Å². The van der Waals surface area contributed by atoms with E-state index >= 15 is 0 Å². The largest absolute Gasteiger partial charge is 0.416 e. The molecule has 1 amide bonds. The molecule has 0 radical (unpaired) electrons. The highest BCUT2D eigenvalue weighted by atomic mass is 19.4. The van der Waals surface area contributed by atoms with Crippen molar-refractivity contribution < 1.29 is 18.0 Å². The number of hydrogen-bond acceptors (Lipinski definition) is 4. The number of alkyl halides is 3. The Morgan fingerprint density at radius 1 is 1.12 bits per heavy atom. The highest BCUT2D eigenvalue weighted by Gasteiger charge is 2.39. The SMILES string of the molecule is CN1CCCC2CC(NC(=O)C(=N)c3cc(-c4ccc(C(F)(F)F)cc4)ccc3N)CC21. The number of likely N-dealkylation sites (tertiary alicyclic amines) is 1. The Morgan fingerprint density at radius 2 is 1.81 bits per heavy atom. The van der Waals surface area contributed by atoms with Crippen LogP contribution in [0.5, 0.6) is 0 Å². The zero-order chi connectivity index (χ0) is 23.0. The van der Waals surface area contributed by atoms with Gasteiger partial charge in [0.25, 0.3) is 5.91 Å². The summed E-state index contributed by atoms with van der Waals surface area (Å²) in [6.45, 7) is 1.07. The predicted molar refractivity (Wildman–Crippen MR) is 118 cm³/mol. The summed E-state index contributed by atoms with van der Waals surface area (Å²) in [5.74, 6) is 0.0915. The fraction of sp³-hybridized carbons (Fsp3) is 0.417. The zero-order valence-electron chi connectivity index (χ0n) is 17.9. The summed E-state index contributed by atoms with van der Waals surface area (Å²) in [5, 5.41) is 11.4. The summed E-state index contributed by atoms with van der Waals surface area (Å²) in [5.41, 5.74) is 6.76. The molecule has 1 aliphatic carbocycles. The lowest BCUT2D eigenvalue weighted by Crippen LogP contribution is -2.41. The van der Waals surface area contributed by atoms with Gasteiger partial charge in [0.05, 0.1) is 5.56 Å². The Morgan fingerprint density at radius 3 is 2.47 bits per heavy atom. The van der Waals surface area contributed by atoms with Crippen LogP contribution in [0.4, 0.5) is 18.9 Å². The third-order valence-electron chi connectivity index (χ3n) is 6.74. The predicted octanol–water partition coefficient (Wildman–Crippen LogP) is 4.31. The summed E-state index contributed by atoms with van der Waals surface area (Å²) < 4.78 is 38.5. The van der Waals surface area contributed by atoms with Crippen LogP contribution in [0.15, 0.2) is 42.5 Å². The fourth-order valence-electron chi connectivity index (χ4n) is 5.02. The number of anilines is 1. The quantitative estimate of drug-likeness (QED) is 0.486. The molecule has 1 heterocycles. The lowest BCUT2D eigenvalue weighted by molar-refractivity contribution is -0.137. The van der Waals surface area contributed by atoms with Crippen molar-refractivity contribution >= 4 is 17.3 Å². The first-order valence-electron chi connectivity index (χ1n) is 10.8. The number of piperidine rings is 1. The maximum absolute atomic E-state index is 12.8. The van der Waals surface area contributed by atoms with Gasteiger partial charge < -0.3 is 16.0 Å². The molecule has 0 aromatic heterocycles. The molecule has 0 spiro atoms. The van der Waals surface area contributed by atoms with Crippen LogP contribution in [0, 0.1) is 11.3 Å². The molecule has 2 aromatic rings. The molecular formula is C24H27F3N4O. The molecule has 8 heteroatoms. The topological polar surface area (TPSA) is 82.2 Å². The minimum Gasteiger partial charge on any atom is -0.398 e. The number of amides is 1. The molecule has 1 saturated carbocycles. The molecular weight excluding hydrogens is 417 g/mol. The number of nitrogen functional groups attached to an aromatic ring is 1. The standard InChI is InChI=1S/C24H27F3N4O/c1-31-10-2-3-16-11-18(13-21(16)31)30-23(32)22(29)19-12-15(6-9-20(19)28)14-4-7-17(8-5-14)24(25,26)27/h4-9,12,16,18,21,29H,2-3,10-11,13,28H2,1H3,(H,30,32). The Hall–Kier alpha value is -2.87. The molecule has 1 aliphatic heterocycles. The first-order valence-corrected chi connectivity index (χ1v) is 10.8. The normalized spacial score (nSPS) is 23.6. The van der Waals surface area contributed by atoms with E-state index in [-0.39, 0.29) is 23.0 Å². The van der Waals surface area contributed by atoms with Crippen LogP contribution < -0.4 is 11.1 Å². The van der Waals surface area contributed by atoms with Crippen molar-refractivity contribution in [3.05, 3.63) is 53.6 Å². The minimum absolute atomic E-state index is 0.0257. The van der Waals surface area contributed by atoms with E-state index in [1.54, 1.807) is 18.2 Å². The summed E-state index contributed by atoms with van der Waals surface area (Å²) in [6, 6.07) is 10.1. The number of halogens is 3. The van der Waals surface area contributed by atoms with Crippen LogP contribution in [0.25, 0.3) is 11.1 Å². The number of fused-ring (bicyclic) bond motifs is 1. The third kappa shape index (κ3) is 4.50. The van der Waals surface area contributed by atoms with Crippen molar-refractivity contribution in [3.63, 3.8) is 0 Å². The number of nitrogens with zero attached hydrogens (tertiary/aromatic N) is 1. The van der Waals surface area contributed by atoms with Crippen LogP contribution in [0.1, 0.15) is 36.8 Å². The molecule has 0 bridgehead atoms. The van der Waals surface area contributed by atoms with E-state index in [1.165, 1.54) is 25.0 Å². The fourth-order valence-corrected chi connectivity index (χ4v) is 5.02. The molecule has 2 aliphatic rings. The van der Waals surface area contributed by atoms with Gasteiger partial charge in [-0.2, -0.15) is 13.2 Å². The number of carbonyl (C=O) groups excluding carboxylic acids is 1. The molecule has 4 N–H and O–H groups in total. The number of benzene rings is 2. The Labute approximate surface area is 185 Å². The van der Waals surface area contributed by atoms with Crippen LogP contribution in [0.2, 0.25) is 0 Å². The van der Waals surface area contributed by atoms with Gasteiger partial charge in [-0.3, -0.25) is 10.2 Å². The Kier molecular flexibility index (Phi) is 5.99. The lowest BCUT2D eigenvalue weighted by atomic mass is 9.92. The van der Waals surface area contributed by atoms with Crippen LogP contribution in [-0.4, -0.2) is 42.2 Å². The molecule has 4 rings (SSSR count). The second-order valence-corrected chi connectivity index (χ2v) is 8.84. The van der Waals surface area contributed by atoms with E-state index in [0.29, 0.717) is 23.1 Å². The van der Waals surface area contributed by atoms with Crippen molar-refractivity contribution in [1.82, 2.24) is 10.2 Å². The van der Waals surface area contributed by atoms with Gasteiger partial charge in [-0.1, -0.05) is 18.2 Å². The molecule has 1 saturated heterocycles. The maximum Gasteiger partial charge on any atom is 0.416 e. The molecule has 3 atom stereocenters. The number of nitrogens with one attached hydrogen (secondary N) is 2. The average molecular weight is 445 g/mol. The summed E-state index contributed by atoms with van der Waals surface area (Å²) in [4.78, 5) is 15.2. The summed E-state index contributed by atoms with van der Waals surface area (Å²) in [6.07, 6.45) is -0.281. The van der Waals surface area contributed by atoms with Crippen molar-refractivity contribution in [2.45, 2.75) is 43.9 Å². The van der Waals surface area contributed by atoms with E-state index in [2.05, 4.69) is 17.3 Å². The van der Waals surface area contributed by atoms with E-state index in [4.69, 9.17) is 11.1 Å². The molecule has 3 unspecified atom stereocenters. The molecule has 2 aromatic carbocycles. The van der Waals surface area contributed by atoms with Gasteiger partial charge in [-0.05, 0) is 80.6 Å². The maximum atomic E-state index is 12.8. The number of hydrogen-bond donors (Lipinski definition) is 3. The Balaban J connectivity index is 1.48. The Bertz CT molecular complexity index is 1020. The van der Waals surface area contributed by atoms with Gasteiger partial charge in [-0.25, -0.2) is 0 Å². The summed E-state index contributed by atoms with van der Waals surface area (Å²) >= 11 is 0. The second kappa shape index (κ2) is 8.58. The highest BCUT2D eigenvalue weighted by Crippen LogP contribution is 2.36. The first kappa shape index (κ1) is 22.3. The van der Waals surface area contributed by atoms with Crippen molar-refractivity contribution in [2.75, 3.05) is 19.3 Å². The minimum atomic E-state index is -4.41. The van der Waals surface area contributed by atoms with Gasteiger partial charge in [0.15, 0.2) is 0 Å². The lowest BCUT2D eigenvalue weighted by Gasteiger charge is -2.34. The number of rotatable bonds is 4. The van der Waals surface area contributed by atoms with E-state index in [0.717, 1.165) is 31.5 Å². The zero-order valence-corrected chi connectivity index (χ0v) is 17.9. The van der Waals surface area contributed by atoms with E-state index < -0.39 is 17.6 Å². The van der Waals surface area contributed by atoms with Crippen LogP contribution in [0.3, 0.4) is 0 Å². The van der Waals surface area contributed by atoms with Gasteiger partial charge in [0.2, 0.25) is 0 Å². The van der Waals surface area contributed by atoms with Gasteiger partial charge in [0, 0.05) is 23.3 Å². The van der Waals surface area contributed by atoms with Gasteiger partial charge >= 0.3 is 6.18 Å². The molecule has 32 heavy (non-hydrogen) atoms. The molecule has 2 fully saturated rings. The average Bonchev–Trinajstić information content (AvgIpc) is 3.17. The number of nitrogens with two attached hydrogens (primary N) is 1. The van der Waals surface area contributed by atoms with Crippen molar-refractivity contribution in [2.24, 2.45) is 5.92 Å². The monoisotopic (exact) mass is 444 g/mol.